The van der Waals surface area contributed by atoms with Crippen molar-refractivity contribution in [3.63, 3.8) is 0 Å². The van der Waals surface area contributed by atoms with E-state index in [2.05, 4.69) is 96.8 Å². The molecule has 2 aliphatic heterocycles. The number of thioether (sulfide) groups is 1. The summed E-state index contributed by atoms with van der Waals surface area (Å²) in [5, 5.41) is 11.4. The molecule has 0 unspecified atom stereocenters. The lowest BCUT2D eigenvalue weighted by Gasteiger charge is -2.38. The van der Waals surface area contributed by atoms with Crippen molar-refractivity contribution >= 4 is 41.0 Å². The maximum absolute atomic E-state index is 5.95. The second-order valence-corrected chi connectivity index (χ2v) is 13.7. The van der Waals surface area contributed by atoms with Crippen molar-refractivity contribution in [3.05, 3.63) is 71.9 Å². The molecule has 10 nitrogen and oxygen atoms in total. The highest BCUT2D eigenvalue weighted by molar-refractivity contribution is 7.99. The third-order valence-electron chi connectivity index (χ3n) is 8.27. The van der Waals surface area contributed by atoms with E-state index < -0.39 is 0 Å². The number of aromatic nitrogens is 4. The first-order chi connectivity index (χ1) is 22.0. The molecule has 2 N–H and O–H groups in total. The summed E-state index contributed by atoms with van der Waals surface area (Å²) in [5.41, 5.74) is 2.29. The highest BCUT2D eigenvalue weighted by atomic mass is 32.2. The van der Waals surface area contributed by atoms with Crippen LogP contribution in [0.2, 0.25) is 0 Å². The minimum atomic E-state index is 0.615. The largest absolute Gasteiger partial charge is 0.490 e. The molecule has 6 rings (SSSR count). The van der Waals surface area contributed by atoms with E-state index in [4.69, 9.17) is 14.7 Å². The van der Waals surface area contributed by atoms with E-state index in [1.165, 1.54) is 10.5 Å². The highest BCUT2D eigenvalue weighted by Gasteiger charge is 2.26. The smallest absolute Gasteiger partial charge is 0.204 e. The maximum Gasteiger partial charge on any atom is 0.204 e. The van der Waals surface area contributed by atoms with Gasteiger partial charge in [-0.15, -0.1) is 11.8 Å². The van der Waals surface area contributed by atoms with Gasteiger partial charge < -0.3 is 19.9 Å². The van der Waals surface area contributed by atoms with E-state index in [-0.39, 0.29) is 0 Å². The zero-order chi connectivity index (χ0) is 31.0. The van der Waals surface area contributed by atoms with Crippen LogP contribution in [0.3, 0.4) is 0 Å². The number of hydrogen-bond donors (Lipinski definition) is 2. The molecule has 0 aliphatic carbocycles. The van der Waals surface area contributed by atoms with Gasteiger partial charge >= 0.3 is 0 Å². The van der Waals surface area contributed by atoms with Gasteiger partial charge in [-0.2, -0.15) is 5.10 Å². The van der Waals surface area contributed by atoms with Crippen LogP contribution in [0.1, 0.15) is 11.3 Å². The second kappa shape index (κ2) is 15.3. The average Bonchev–Trinajstić information content (AvgIpc) is 3.49. The summed E-state index contributed by atoms with van der Waals surface area (Å²) in [4.78, 5) is 22.2. The van der Waals surface area contributed by atoms with Gasteiger partial charge in [0, 0.05) is 92.8 Å². The SMILES string of the molecule is COc1c(Nc2cc(C)[nH]n2)nc(Sc2ccc(SCc3ccccc3)cc2)nc1N1CCN(CCN2CCN(C)CC2)CC1. The normalized spacial score (nSPS) is 16.6. The topological polar surface area (TPSA) is 88.7 Å². The zero-order valence-corrected chi connectivity index (χ0v) is 28.0. The Morgan fingerprint density at radius 3 is 2.16 bits per heavy atom. The minimum Gasteiger partial charge on any atom is -0.490 e. The number of aryl methyl sites for hydroxylation is 1. The summed E-state index contributed by atoms with van der Waals surface area (Å²) in [6.45, 7) is 12.6. The Morgan fingerprint density at radius 1 is 0.844 bits per heavy atom. The zero-order valence-electron chi connectivity index (χ0n) is 26.4. The van der Waals surface area contributed by atoms with Crippen molar-refractivity contribution in [1.29, 1.82) is 0 Å². The van der Waals surface area contributed by atoms with E-state index >= 15 is 0 Å². The van der Waals surface area contributed by atoms with Gasteiger partial charge in [-0.25, -0.2) is 9.97 Å². The summed E-state index contributed by atoms with van der Waals surface area (Å²) in [6, 6.07) is 21.2. The number of rotatable bonds is 12. The summed E-state index contributed by atoms with van der Waals surface area (Å²) in [7, 11) is 3.90. The summed E-state index contributed by atoms with van der Waals surface area (Å²) < 4.78 is 5.95. The van der Waals surface area contributed by atoms with Crippen LogP contribution in [0.15, 0.2) is 75.6 Å². The number of nitrogens with zero attached hydrogens (tertiary/aromatic N) is 7. The van der Waals surface area contributed by atoms with E-state index in [1.54, 1.807) is 18.9 Å². The van der Waals surface area contributed by atoms with Crippen LogP contribution >= 0.6 is 23.5 Å². The fourth-order valence-corrected chi connectivity index (χ4v) is 7.15. The van der Waals surface area contributed by atoms with Gasteiger partial charge in [0.1, 0.15) is 0 Å². The van der Waals surface area contributed by atoms with Gasteiger partial charge in [0.15, 0.2) is 22.6 Å². The lowest BCUT2D eigenvalue weighted by molar-refractivity contribution is 0.133. The molecule has 0 amide bonds. The predicted molar refractivity (Wildman–Crippen MR) is 184 cm³/mol. The van der Waals surface area contributed by atoms with Gasteiger partial charge in [-0.05, 0) is 55.6 Å². The number of anilines is 3. The molecule has 2 fully saturated rings. The van der Waals surface area contributed by atoms with Crippen molar-refractivity contribution in [3.8, 4) is 5.75 Å². The molecule has 45 heavy (non-hydrogen) atoms. The fraction of sp³-hybridized carbons (Fsp3) is 0.424. The highest BCUT2D eigenvalue weighted by Crippen LogP contribution is 2.38. The Bertz CT molecular complexity index is 1500. The Morgan fingerprint density at radius 2 is 1.51 bits per heavy atom. The summed E-state index contributed by atoms with van der Waals surface area (Å²) in [6.07, 6.45) is 0. The summed E-state index contributed by atoms with van der Waals surface area (Å²) >= 11 is 3.40. The Labute approximate surface area is 274 Å². The molecule has 4 aromatic rings. The third-order valence-corrected chi connectivity index (χ3v) is 10.2. The number of hydrogen-bond acceptors (Lipinski definition) is 11. The lowest BCUT2D eigenvalue weighted by atomic mass is 10.2. The van der Waals surface area contributed by atoms with Crippen molar-refractivity contribution in [2.24, 2.45) is 0 Å². The minimum absolute atomic E-state index is 0.615. The van der Waals surface area contributed by atoms with Gasteiger partial charge in [0.2, 0.25) is 5.75 Å². The van der Waals surface area contributed by atoms with Gasteiger partial charge in [-0.1, -0.05) is 30.3 Å². The van der Waals surface area contributed by atoms with Crippen molar-refractivity contribution in [2.75, 3.05) is 89.8 Å². The molecule has 0 bridgehead atoms. The van der Waals surface area contributed by atoms with E-state index in [0.29, 0.717) is 22.5 Å². The number of ether oxygens (including phenoxy) is 1. The molecule has 0 radical (unpaired) electrons. The molecule has 0 saturated carbocycles. The molecule has 2 saturated heterocycles. The van der Waals surface area contributed by atoms with Crippen LogP contribution in [-0.2, 0) is 5.75 Å². The molecule has 238 valence electrons. The van der Waals surface area contributed by atoms with Crippen LogP contribution in [0.25, 0.3) is 0 Å². The van der Waals surface area contributed by atoms with Crippen LogP contribution in [0.5, 0.6) is 5.75 Å². The monoisotopic (exact) mass is 645 g/mol. The second-order valence-electron chi connectivity index (χ2n) is 11.6. The molecule has 12 heteroatoms. The molecular weight excluding hydrogens is 603 g/mol. The number of nitrogens with one attached hydrogen (secondary N) is 2. The van der Waals surface area contributed by atoms with Crippen LogP contribution < -0.4 is 15.0 Å². The quantitative estimate of drug-likeness (QED) is 0.160. The third kappa shape index (κ3) is 8.71. The molecule has 2 aromatic carbocycles. The molecule has 4 heterocycles. The molecule has 0 spiro atoms. The number of H-pyrrole nitrogens is 1. The van der Waals surface area contributed by atoms with E-state index in [1.807, 2.05) is 24.8 Å². The van der Waals surface area contributed by atoms with E-state index in [9.17, 15) is 0 Å². The molecule has 2 aliphatic rings. The first-order valence-corrected chi connectivity index (χ1v) is 17.4. The van der Waals surface area contributed by atoms with Crippen molar-refractivity contribution < 1.29 is 4.74 Å². The van der Waals surface area contributed by atoms with Gasteiger partial charge in [-0.3, -0.25) is 14.9 Å². The van der Waals surface area contributed by atoms with Gasteiger partial charge in [0.05, 0.1) is 7.11 Å². The summed E-state index contributed by atoms with van der Waals surface area (Å²) in [5.74, 6) is 3.71. The first kappa shape index (κ1) is 31.7. The number of benzene rings is 2. The van der Waals surface area contributed by atoms with Gasteiger partial charge in [0.25, 0.3) is 0 Å². The molecule has 0 atom stereocenters. The first-order valence-electron chi connectivity index (χ1n) is 15.6. The van der Waals surface area contributed by atoms with Crippen LogP contribution in [0, 0.1) is 6.92 Å². The molecule has 2 aromatic heterocycles. The Balaban J connectivity index is 1.15. The van der Waals surface area contributed by atoms with Crippen molar-refractivity contribution in [2.45, 2.75) is 27.6 Å². The predicted octanol–water partition coefficient (Wildman–Crippen LogP) is 5.07. The number of aromatic amines is 1. The lowest BCUT2D eigenvalue weighted by Crippen LogP contribution is -2.51. The molecular formula is C33H43N9OS2. The Kier molecular flexibility index (Phi) is 10.8. The van der Waals surface area contributed by atoms with E-state index in [0.717, 1.165) is 87.6 Å². The number of likely N-dealkylation sites (N-methyl/N-ethyl adjacent to an activating group) is 1. The Hall–Kier alpha value is -3.29. The fourth-order valence-electron chi connectivity index (χ4n) is 5.54. The van der Waals surface area contributed by atoms with Crippen molar-refractivity contribution in [1.82, 2.24) is 34.9 Å². The number of piperazine rings is 2. The standard InChI is InChI=1S/C33H43N9OS2/c1-25-23-29(38-37-25)34-31-30(43-3)32(42-21-19-41(20-22-42)18-17-40-15-13-39(2)14-16-40)36-33(35-31)45-28-11-9-27(10-12-28)44-24-26-7-5-4-6-8-26/h4-12,23H,13-22,24H2,1-3H3,(H2,34,35,36,37,38). The average molecular weight is 646 g/mol. The van der Waals surface area contributed by atoms with Crippen LogP contribution in [0.4, 0.5) is 17.5 Å². The van der Waals surface area contributed by atoms with Crippen LogP contribution in [-0.4, -0.2) is 114 Å². The maximum atomic E-state index is 5.95. The number of methoxy groups -OCH3 is 1.